The Morgan fingerprint density at radius 3 is 2.27 bits per heavy atom. The smallest absolute Gasteiger partial charge is 0.249 e. The maximum Gasteiger partial charge on any atom is 0.249 e. The number of nitrogens with zero attached hydrogens (tertiary/aromatic N) is 1. The molecular weight excluding hydrogens is 341 g/mol. The Morgan fingerprint density at radius 2 is 1.77 bits per heavy atom. The number of nitrogens with two attached hydrogens (primary N) is 1. The molecule has 0 saturated carbocycles. The van der Waals surface area contributed by atoms with Gasteiger partial charge in [-0.05, 0) is 19.8 Å². The van der Waals surface area contributed by atoms with Crippen LogP contribution in [0.25, 0.3) is 0 Å². The molecule has 0 bridgehead atoms. The van der Waals surface area contributed by atoms with E-state index in [4.69, 9.17) is 5.73 Å². The summed E-state index contributed by atoms with van der Waals surface area (Å²) in [6, 6.07) is -0.263. The summed E-state index contributed by atoms with van der Waals surface area (Å²) in [7, 11) is -4.40. The molecule has 2 unspecified atom stereocenters. The van der Waals surface area contributed by atoms with Crippen LogP contribution in [-0.4, -0.2) is 31.4 Å². The van der Waals surface area contributed by atoms with E-state index in [1.165, 1.54) is 0 Å². The van der Waals surface area contributed by atoms with Crippen LogP contribution >= 0.6 is 12.4 Å². The lowest BCUT2D eigenvalue weighted by molar-refractivity contribution is 0.226. The molecule has 0 amide bonds. The molecule has 1 aliphatic rings. The van der Waals surface area contributed by atoms with Crippen molar-refractivity contribution in [2.75, 3.05) is 6.54 Å². The molecule has 9 heteroatoms. The van der Waals surface area contributed by atoms with Crippen molar-refractivity contribution in [2.45, 2.75) is 43.2 Å². The lowest BCUT2D eigenvalue weighted by atomic mass is 10.00. The molecule has 22 heavy (non-hydrogen) atoms. The van der Waals surface area contributed by atoms with Gasteiger partial charge in [0.1, 0.15) is 17.5 Å². The van der Waals surface area contributed by atoms with E-state index in [0.717, 1.165) is 10.7 Å². The van der Waals surface area contributed by atoms with E-state index in [-0.39, 0.29) is 19.0 Å². The van der Waals surface area contributed by atoms with Crippen LogP contribution in [0.2, 0.25) is 0 Å². The summed E-state index contributed by atoms with van der Waals surface area (Å²) in [6.07, 6.45) is 1.92. The third-order valence-electron chi connectivity index (χ3n) is 3.63. The van der Waals surface area contributed by atoms with Crippen molar-refractivity contribution < 1.29 is 21.6 Å². The molecule has 0 aromatic heterocycles. The number of rotatable bonds is 3. The van der Waals surface area contributed by atoms with Crippen molar-refractivity contribution in [1.29, 1.82) is 0 Å². The zero-order valence-electron chi connectivity index (χ0n) is 11.9. The van der Waals surface area contributed by atoms with E-state index in [9.17, 15) is 21.6 Å². The lowest BCUT2D eigenvalue weighted by Gasteiger charge is -2.36. The fourth-order valence-corrected chi connectivity index (χ4v) is 4.52. The SMILES string of the molecule is CC(N)C1CCCCN1S(=O)(=O)c1c(F)cc(F)cc1F.Cl. The molecule has 1 saturated heterocycles. The molecule has 0 spiro atoms. The Kier molecular flexibility index (Phi) is 6.26. The molecule has 4 nitrogen and oxygen atoms in total. The monoisotopic (exact) mass is 358 g/mol. The Balaban J connectivity index is 0.00000242. The van der Waals surface area contributed by atoms with E-state index in [1.54, 1.807) is 6.92 Å². The van der Waals surface area contributed by atoms with Crippen LogP contribution in [0.15, 0.2) is 17.0 Å². The summed E-state index contributed by atoms with van der Waals surface area (Å²) in [5, 5.41) is 0. The second-order valence-electron chi connectivity index (χ2n) is 5.24. The predicted octanol–water partition coefficient (Wildman–Crippen LogP) is 2.42. The van der Waals surface area contributed by atoms with Crippen molar-refractivity contribution in [3.8, 4) is 0 Å². The first-order chi connectivity index (χ1) is 9.75. The normalized spacial score (nSPS) is 21.2. The molecule has 0 aliphatic carbocycles. The number of piperidine rings is 1. The van der Waals surface area contributed by atoms with Gasteiger partial charge in [0.25, 0.3) is 0 Å². The third kappa shape index (κ3) is 3.56. The minimum Gasteiger partial charge on any atom is -0.326 e. The topological polar surface area (TPSA) is 63.4 Å². The van der Waals surface area contributed by atoms with Crippen LogP contribution in [0.4, 0.5) is 13.2 Å². The van der Waals surface area contributed by atoms with Crippen LogP contribution < -0.4 is 5.73 Å². The fraction of sp³-hybridized carbons (Fsp3) is 0.538. The average Bonchev–Trinajstić information content (AvgIpc) is 2.37. The van der Waals surface area contributed by atoms with Gasteiger partial charge in [-0.25, -0.2) is 21.6 Å². The highest BCUT2D eigenvalue weighted by Gasteiger charge is 2.38. The number of benzene rings is 1. The van der Waals surface area contributed by atoms with Crippen LogP contribution in [0.5, 0.6) is 0 Å². The van der Waals surface area contributed by atoms with Gasteiger partial charge in [0.15, 0.2) is 4.90 Å². The third-order valence-corrected chi connectivity index (χ3v) is 5.61. The van der Waals surface area contributed by atoms with E-state index >= 15 is 0 Å². The van der Waals surface area contributed by atoms with Gasteiger partial charge in [0.2, 0.25) is 10.0 Å². The van der Waals surface area contributed by atoms with Gasteiger partial charge in [-0.3, -0.25) is 0 Å². The fourth-order valence-electron chi connectivity index (χ4n) is 2.65. The van der Waals surface area contributed by atoms with Gasteiger partial charge in [0.05, 0.1) is 0 Å². The minimum atomic E-state index is -4.40. The molecule has 1 fully saturated rings. The van der Waals surface area contributed by atoms with Gasteiger partial charge in [-0.1, -0.05) is 6.42 Å². The summed E-state index contributed by atoms with van der Waals surface area (Å²) in [5.41, 5.74) is 5.78. The van der Waals surface area contributed by atoms with E-state index in [1.807, 2.05) is 0 Å². The summed E-state index contributed by atoms with van der Waals surface area (Å²) >= 11 is 0. The van der Waals surface area contributed by atoms with Crippen LogP contribution in [0.1, 0.15) is 26.2 Å². The second kappa shape index (κ2) is 7.16. The van der Waals surface area contributed by atoms with Crippen molar-refractivity contribution in [3.05, 3.63) is 29.6 Å². The summed E-state index contributed by atoms with van der Waals surface area (Å²) in [6.45, 7) is 1.79. The van der Waals surface area contributed by atoms with E-state index in [2.05, 4.69) is 0 Å². The molecular formula is C13H18ClF3N2O2S. The van der Waals surface area contributed by atoms with Crippen LogP contribution in [-0.2, 0) is 10.0 Å². The minimum absolute atomic E-state index is 0. The van der Waals surface area contributed by atoms with Crippen molar-refractivity contribution in [1.82, 2.24) is 4.31 Å². The van der Waals surface area contributed by atoms with Crippen molar-refractivity contribution in [3.63, 3.8) is 0 Å². The highest BCUT2D eigenvalue weighted by molar-refractivity contribution is 7.89. The average molecular weight is 359 g/mol. The molecule has 1 aromatic carbocycles. The van der Waals surface area contributed by atoms with Gasteiger partial charge in [-0.15, -0.1) is 12.4 Å². The standard InChI is InChI=1S/C13H17F3N2O2S.ClH/c1-8(17)12-4-2-3-5-18(12)21(19,20)13-10(15)6-9(14)7-11(13)16;/h6-8,12H,2-5,17H2,1H3;1H. The first kappa shape index (κ1) is 19.2. The number of hydrogen-bond acceptors (Lipinski definition) is 3. The molecule has 126 valence electrons. The van der Waals surface area contributed by atoms with Gasteiger partial charge in [-0.2, -0.15) is 4.31 Å². The van der Waals surface area contributed by atoms with Crippen molar-refractivity contribution in [2.24, 2.45) is 5.73 Å². The van der Waals surface area contributed by atoms with E-state index in [0.29, 0.717) is 25.0 Å². The summed E-state index contributed by atoms with van der Waals surface area (Å²) in [5.74, 6) is -4.02. The zero-order chi connectivity index (χ0) is 15.8. The zero-order valence-corrected chi connectivity index (χ0v) is 13.6. The van der Waals surface area contributed by atoms with Gasteiger partial charge < -0.3 is 5.73 Å². The quantitative estimate of drug-likeness (QED) is 0.902. The molecule has 2 rings (SSSR count). The van der Waals surface area contributed by atoms with E-state index < -0.39 is 44.5 Å². The molecule has 1 aromatic rings. The molecule has 2 atom stereocenters. The molecule has 0 radical (unpaired) electrons. The molecule has 1 heterocycles. The van der Waals surface area contributed by atoms with Gasteiger partial charge in [0, 0.05) is 30.8 Å². The largest absolute Gasteiger partial charge is 0.326 e. The summed E-state index contributed by atoms with van der Waals surface area (Å²) in [4.78, 5) is -1.11. The lowest BCUT2D eigenvalue weighted by Crippen LogP contribution is -2.51. The summed E-state index contributed by atoms with van der Waals surface area (Å²) < 4.78 is 66.6. The second-order valence-corrected chi connectivity index (χ2v) is 7.06. The Morgan fingerprint density at radius 1 is 1.23 bits per heavy atom. The first-order valence-electron chi connectivity index (χ1n) is 6.67. The maximum absolute atomic E-state index is 13.8. The Labute approximate surface area is 133 Å². The Hall–Kier alpha value is -0.830. The first-order valence-corrected chi connectivity index (χ1v) is 8.11. The Bertz CT molecular complexity index is 617. The highest BCUT2D eigenvalue weighted by Crippen LogP contribution is 2.29. The van der Waals surface area contributed by atoms with Crippen molar-refractivity contribution >= 4 is 22.4 Å². The number of hydrogen-bond donors (Lipinski definition) is 1. The molecule has 2 N–H and O–H groups in total. The number of halogens is 4. The van der Waals surface area contributed by atoms with Crippen LogP contribution in [0.3, 0.4) is 0 Å². The maximum atomic E-state index is 13.8. The van der Waals surface area contributed by atoms with Gasteiger partial charge >= 0.3 is 0 Å². The van der Waals surface area contributed by atoms with Crippen LogP contribution in [0, 0.1) is 17.5 Å². The molecule has 1 aliphatic heterocycles. The highest BCUT2D eigenvalue weighted by atomic mass is 35.5. The predicted molar refractivity (Wildman–Crippen MR) is 78.7 cm³/mol. The number of sulfonamides is 1.